The second-order valence-corrected chi connectivity index (χ2v) is 4.83. The molecule has 0 saturated carbocycles. The van der Waals surface area contributed by atoms with Gasteiger partial charge in [-0.15, -0.1) is 0 Å². The molecule has 0 radical (unpaired) electrons. The number of nitriles is 1. The largest absolute Gasteiger partial charge is 0.495 e. The van der Waals surface area contributed by atoms with E-state index >= 15 is 0 Å². The third-order valence-corrected chi connectivity index (χ3v) is 3.56. The summed E-state index contributed by atoms with van der Waals surface area (Å²) >= 11 is 0. The Balaban J connectivity index is 2.08. The summed E-state index contributed by atoms with van der Waals surface area (Å²) in [5.74, 6) is -0.346. The van der Waals surface area contributed by atoms with Crippen LogP contribution in [0, 0.1) is 11.3 Å². The van der Waals surface area contributed by atoms with Crippen LogP contribution in [0.1, 0.15) is 26.3 Å². The number of carbonyl (C=O) groups excluding carboxylic acids is 2. The molecule has 108 valence electrons. The lowest BCUT2D eigenvalue weighted by molar-refractivity contribution is 0.0925. The fourth-order valence-corrected chi connectivity index (χ4v) is 2.52. The normalized spacial score (nSPS) is 13.0. The summed E-state index contributed by atoms with van der Waals surface area (Å²) in [4.78, 5) is 26.1. The third kappa shape index (κ3) is 2.02. The molecule has 0 aliphatic carbocycles. The lowest BCUT2D eigenvalue weighted by atomic mass is 10.1. The van der Waals surface area contributed by atoms with E-state index in [1.165, 1.54) is 7.11 Å². The lowest BCUT2D eigenvalue weighted by Gasteiger charge is -2.17. The first kappa shape index (κ1) is 13.8. The molecular formula is C17H12N2O3. The SMILES string of the molecule is COc1cc(CC#N)ccc1N1C(=O)c2ccccc2C1=O. The summed E-state index contributed by atoms with van der Waals surface area (Å²) in [6, 6.07) is 13.8. The van der Waals surface area contributed by atoms with E-state index in [1.54, 1.807) is 42.5 Å². The lowest BCUT2D eigenvalue weighted by Crippen LogP contribution is -2.29. The number of rotatable bonds is 3. The molecule has 1 heterocycles. The highest BCUT2D eigenvalue weighted by Crippen LogP contribution is 2.35. The minimum Gasteiger partial charge on any atom is -0.495 e. The topological polar surface area (TPSA) is 70.4 Å². The second-order valence-electron chi connectivity index (χ2n) is 4.83. The molecule has 5 nitrogen and oxygen atoms in total. The first-order valence-electron chi connectivity index (χ1n) is 6.69. The highest BCUT2D eigenvalue weighted by atomic mass is 16.5. The fourth-order valence-electron chi connectivity index (χ4n) is 2.52. The summed E-state index contributed by atoms with van der Waals surface area (Å²) < 4.78 is 5.28. The second kappa shape index (κ2) is 5.34. The van der Waals surface area contributed by atoms with E-state index in [0.717, 1.165) is 10.5 Å². The van der Waals surface area contributed by atoms with Crippen molar-refractivity contribution < 1.29 is 14.3 Å². The molecule has 0 saturated heterocycles. The average molecular weight is 292 g/mol. The molecule has 2 amide bonds. The molecule has 0 bridgehead atoms. The Morgan fingerprint density at radius 1 is 1.09 bits per heavy atom. The molecule has 5 heteroatoms. The predicted octanol–water partition coefficient (Wildman–Crippen LogP) is 2.56. The maximum Gasteiger partial charge on any atom is 0.266 e. The van der Waals surface area contributed by atoms with Crippen molar-refractivity contribution in [1.82, 2.24) is 0 Å². The third-order valence-electron chi connectivity index (χ3n) is 3.56. The minimum absolute atomic E-state index is 0.235. The zero-order valence-electron chi connectivity index (χ0n) is 11.9. The summed E-state index contributed by atoms with van der Waals surface area (Å²) in [7, 11) is 1.47. The van der Waals surface area contributed by atoms with Gasteiger partial charge in [-0.1, -0.05) is 18.2 Å². The molecule has 2 aromatic carbocycles. The molecule has 0 fully saturated rings. The standard InChI is InChI=1S/C17H12N2O3/c1-22-15-10-11(8-9-18)6-7-14(15)19-16(20)12-4-2-3-5-13(12)17(19)21/h2-7,10H,8H2,1H3. The van der Waals surface area contributed by atoms with Crippen LogP contribution < -0.4 is 9.64 Å². The maximum atomic E-state index is 12.5. The number of hydrogen-bond acceptors (Lipinski definition) is 4. The number of anilines is 1. The van der Waals surface area contributed by atoms with Crippen molar-refractivity contribution >= 4 is 17.5 Å². The Kier molecular flexibility index (Phi) is 3.36. The summed E-state index contributed by atoms with van der Waals surface area (Å²) in [6.07, 6.45) is 0.235. The molecule has 0 atom stereocenters. The predicted molar refractivity (Wildman–Crippen MR) is 79.9 cm³/mol. The van der Waals surface area contributed by atoms with Crippen molar-refractivity contribution in [3.05, 3.63) is 59.2 Å². The molecular weight excluding hydrogens is 280 g/mol. The Bertz CT molecular complexity index is 786. The number of carbonyl (C=O) groups is 2. The Labute approximate surface area is 127 Å². The van der Waals surface area contributed by atoms with Gasteiger partial charge in [-0.3, -0.25) is 9.59 Å². The van der Waals surface area contributed by atoms with Gasteiger partial charge in [0.2, 0.25) is 0 Å². The van der Waals surface area contributed by atoms with Crippen molar-refractivity contribution in [2.24, 2.45) is 0 Å². The summed E-state index contributed by atoms with van der Waals surface area (Å²) in [5, 5.41) is 8.76. The Hall–Kier alpha value is -3.13. The highest BCUT2D eigenvalue weighted by molar-refractivity contribution is 6.34. The van der Waals surface area contributed by atoms with Gasteiger partial charge in [0, 0.05) is 0 Å². The van der Waals surface area contributed by atoms with E-state index in [9.17, 15) is 9.59 Å². The van der Waals surface area contributed by atoms with Crippen LogP contribution in [0.15, 0.2) is 42.5 Å². The van der Waals surface area contributed by atoms with Gasteiger partial charge in [-0.25, -0.2) is 4.90 Å². The van der Waals surface area contributed by atoms with Gasteiger partial charge >= 0.3 is 0 Å². The van der Waals surface area contributed by atoms with Gasteiger partial charge in [-0.2, -0.15) is 5.26 Å². The minimum atomic E-state index is -0.369. The fraction of sp³-hybridized carbons (Fsp3) is 0.118. The number of nitrogens with zero attached hydrogens (tertiary/aromatic N) is 2. The molecule has 1 aliphatic rings. The van der Waals surface area contributed by atoms with E-state index in [2.05, 4.69) is 6.07 Å². The monoisotopic (exact) mass is 292 g/mol. The van der Waals surface area contributed by atoms with E-state index < -0.39 is 0 Å². The van der Waals surface area contributed by atoms with Crippen molar-refractivity contribution in [2.75, 3.05) is 12.0 Å². The van der Waals surface area contributed by atoms with Gasteiger partial charge in [0.25, 0.3) is 11.8 Å². The highest BCUT2D eigenvalue weighted by Gasteiger charge is 2.37. The Morgan fingerprint density at radius 3 is 2.27 bits per heavy atom. The van der Waals surface area contributed by atoms with Crippen molar-refractivity contribution in [2.45, 2.75) is 6.42 Å². The van der Waals surface area contributed by atoms with Crippen molar-refractivity contribution in [3.8, 4) is 11.8 Å². The number of amides is 2. The zero-order valence-corrected chi connectivity index (χ0v) is 11.9. The van der Waals surface area contributed by atoms with Gasteiger partial charge in [0.1, 0.15) is 5.75 Å². The summed E-state index contributed by atoms with van der Waals surface area (Å²) in [5.41, 5.74) is 1.92. The number of benzene rings is 2. The number of imide groups is 1. The molecule has 0 unspecified atom stereocenters. The van der Waals surface area contributed by atoms with Crippen molar-refractivity contribution in [1.29, 1.82) is 5.26 Å². The van der Waals surface area contributed by atoms with E-state index in [0.29, 0.717) is 22.6 Å². The first-order chi connectivity index (χ1) is 10.7. The quantitative estimate of drug-likeness (QED) is 0.815. The number of ether oxygens (including phenoxy) is 1. The van der Waals surface area contributed by atoms with Crippen LogP contribution in [0.4, 0.5) is 5.69 Å². The van der Waals surface area contributed by atoms with E-state index in [-0.39, 0.29) is 18.2 Å². The summed E-state index contributed by atoms with van der Waals surface area (Å²) in [6.45, 7) is 0. The molecule has 22 heavy (non-hydrogen) atoms. The van der Waals surface area contributed by atoms with Gasteiger partial charge in [0.15, 0.2) is 0 Å². The van der Waals surface area contributed by atoms with Crippen molar-refractivity contribution in [3.63, 3.8) is 0 Å². The molecule has 0 aromatic heterocycles. The number of methoxy groups -OCH3 is 1. The van der Waals surface area contributed by atoms with Crippen LogP contribution >= 0.6 is 0 Å². The zero-order chi connectivity index (χ0) is 15.7. The van der Waals surface area contributed by atoms with Crippen LogP contribution in [-0.2, 0) is 6.42 Å². The molecule has 2 aromatic rings. The molecule has 3 rings (SSSR count). The van der Waals surface area contributed by atoms with Gasteiger partial charge < -0.3 is 4.74 Å². The van der Waals surface area contributed by atoms with Crippen LogP contribution in [-0.4, -0.2) is 18.9 Å². The van der Waals surface area contributed by atoms with E-state index in [1.807, 2.05) is 0 Å². The number of fused-ring (bicyclic) bond motifs is 1. The van der Waals surface area contributed by atoms with Crippen LogP contribution in [0.25, 0.3) is 0 Å². The molecule has 0 spiro atoms. The smallest absolute Gasteiger partial charge is 0.266 e. The van der Waals surface area contributed by atoms with E-state index in [4.69, 9.17) is 10.00 Å². The van der Waals surface area contributed by atoms with Crippen LogP contribution in [0.5, 0.6) is 5.75 Å². The molecule has 0 N–H and O–H groups in total. The number of hydrogen-bond donors (Lipinski definition) is 0. The van der Waals surface area contributed by atoms with Crippen LogP contribution in [0.2, 0.25) is 0 Å². The maximum absolute atomic E-state index is 12.5. The van der Waals surface area contributed by atoms with Crippen LogP contribution in [0.3, 0.4) is 0 Å². The average Bonchev–Trinajstić information content (AvgIpc) is 2.80. The van der Waals surface area contributed by atoms with Gasteiger partial charge in [0.05, 0.1) is 36.4 Å². The molecule has 1 aliphatic heterocycles. The Morgan fingerprint density at radius 2 is 1.73 bits per heavy atom. The first-order valence-corrected chi connectivity index (χ1v) is 6.69. The van der Waals surface area contributed by atoms with Gasteiger partial charge in [-0.05, 0) is 29.8 Å².